The molecule has 6 heteroatoms. The quantitative estimate of drug-likeness (QED) is 0.778. The molecule has 0 fully saturated rings. The van der Waals surface area contributed by atoms with Crippen molar-refractivity contribution in [3.63, 3.8) is 0 Å². The van der Waals surface area contributed by atoms with Gasteiger partial charge in [0.15, 0.2) is 11.6 Å². The molecule has 0 radical (unpaired) electrons. The first kappa shape index (κ1) is 14.9. The van der Waals surface area contributed by atoms with Crippen LogP contribution in [0.15, 0.2) is 53.1 Å². The molecule has 2 N–H and O–H groups in total. The molecule has 0 bridgehead atoms. The van der Waals surface area contributed by atoms with Crippen LogP contribution in [0.3, 0.4) is 0 Å². The van der Waals surface area contributed by atoms with E-state index in [1.807, 2.05) is 30.3 Å². The summed E-state index contributed by atoms with van der Waals surface area (Å²) in [6.07, 6.45) is 0. The third kappa shape index (κ3) is 3.11. The highest BCUT2D eigenvalue weighted by atomic mass is 19.1. The highest BCUT2D eigenvalue weighted by Crippen LogP contribution is 2.37. The molecule has 118 valence electrons. The second kappa shape index (κ2) is 6.39. The number of aromatic nitrogens is 1. The lowest BCUT2D eigenvalue weighted by Crippen LogP contribution is -2.00. The van der Waals surface area contributed by atoms with Crippen molar-refractivity contribution in [2.45, 2.75) is 6.61 Å². The molecule has 0 saturated heterocycles. The summed E-state index contributed by atoms with van der Waals surface area (Å²) in [5.74, 6) is -0.0558. The summed E-state index contributed by atoms with van der Waals surface area (Å²) in [5, 5.41) is 3.74. The second-order valence-electron chi connectivity index (χ2n) is 4.84. The minimum atomic E-state index is -0.575. The SMILES string of the molecule is COc1ccc(OCc2ccccc2)c(F)c1-c1cc(N)on1. The van der Waals surface area contributed by atoms with Crippen LogP contribution in [-0.4, -0.2) is 12.3 Å². The van der Waals surface area contributed by atoms with E-state index in [-0.39, 0.29) is 29.5 Å². The smallest absolute Gasteiger partial charge is 0.222 e. The number of methoxy groups -OCH3 is 1. The average Bonchev–Trinajstić information content (AvgIpc) is 3.00. The van der Waals surface area contributed by atoms with Crippen LogP contribution in [0.4, 0.5) is 10.3 Å². The molecular formula is C17H15FN2O3. The Morgan fingerprint density at radius 3 is 2.52 bits per heavy atom. The van der Waals surface area contributed by atoms with E-state index in [9.17, 15) is 4.39 Å². The van der Waals surface area contributed by atoms with Crippen LogP contribution >= 0.6 is 0 Å². The van der Waals surface area contributed by atoms with Crippen molar-refractivity contribution in [1.29, 1.82) is 0 Å². The van der Waals surface area contributed by atoms with Crippen molar-refractivity contribution in [3.8, 4) is 22.8 Å². The number of anilines is 1. The normalized spacial score (nSPS) is 10.5. The third-order valence-electron chi connectivity index (χ3n) is 3.31. The fraction of sp³-hybridized carbons (Fsp3) is 0.118. The molecule has 1 heterocycles. The van der Waals surface area contributed by atoms with Gasteiger partial charge in [-0.2, -0.15) is 0 Å². The Bertz CT molecular complexity index is 803. The minimum absolute atomic E-state index is 0.0945. The van der Waals surface area contributed by atoms with E-state index in [1.54, 1.807) is 6.07 Å². The lowest BCUT2D eigenvalue weighted by molar-refractivity contribution is 0.289. The summed E-state index contributed by atoms with van der Waals surface area (Å²) >= 11 is 0. The zero-order valence-corrected chi connectivity index (χ0v) is 12.5. The monoisotopic (exact) mass is 314 g/mol. The topological polar surface area (TPSA) is 70.5 Å². The molecule has 0 spiro atoms. The van der Waals surface area contributed by atoms with Crippen LogP contribution in [0.2, 0.25) is 0 Å². The van der Waals surface area contributed by atoms with Crippen LogP contribution in [0.1, 0.15) is 5.56 Å². The Kier molecular flexibility index (Phi) is 4.14. The summed E-state index contributed by atoms with van der Waals surface area (Å²) in [6.45, 7) is 0.254. The van der Waals surface area contributed by atoms with Crippen molar-refractivity contribution < 1.29 is 18.4 Å². The average molecular weight is 314 g/mol. The van der Waals surface area contributed by atoms with Gasteiger partial charge in [0.05, 0.1) is 12.7 Å². The molecule has 0 unspecified atom stereocenters. The standard InChI is InChI=1S/C17H15FN2O3/c1-21-13-7-8-14(22-10-11-5-3-2-4-6-11)17(18)16(13)12-9-15(19)23-20-12/h2-9H,10,19H2,1H3. The summed E-state index contributed by atoms with van der Waals surface area (Å²) in [5.41, 5.74) is 6.85. The number of nitrogens with two attached hydrogens (primary N) is 1. The summed E-state index contributed by atoms with van der Waals surface area (Å²) < 4.78 is 30.4. The van der Waals surface area contributed by atoms with Gasteiger partial charge in [0.1, 0.15) is 18.1 Å². The van der Waals surface area contributed by atoms with Gasteiger partial charge in [0.2, 0.25) is 5.88 Å². The van der Waals surface area contributed by atoms with Gasteiger partial charge in [-0.15, -0.1) is 0 Å². The number of rotatable bonds is 5. The molecular weight excluding hydrogens is 299 g/mol. The zero-order chi connectivity index (χ0) is 16.2. The lowest BCUT2D eigenvalue weighted by atomic mass is 10.1. The molecule has 2 aromatic carbocycles. The van der Waals surface area contributed by atoms with Gasteiger partial charge in [-0.05, 0) is 17.7 Å². The van der Waals surface area contributed by atoms with Crippen LogP contribution in [0.25, 0.3) is 11.3 Å². The summed E-state index contributed by atoms with van der Waals surface area (Å²) in [7, 11) is 1.45. The Morgan fingerprint density at radius 2 is 1.87 bits per heavy atom. The van der Waals surface area contributed by atoms with Gasteiger partial charge in [-0.3, -0.25) is 0 Å². The Hall–Kier alpha value is -3.02. The third-order valence-corrected chi connectivity index (χ3v) is 3.31. The summed E-state index contributed by atoms with van der Waals surface area (Å²) in [6, 6.07) is 14.1. The molecule has 23 heavy (non-hydrogen) atoms. The molecule has 1 aromatic heterocycles. The summed E-state index contributed by atoms with van der Waals surface area (Å²) in [4.78, 5) is 0. The number of benzene rings is 2. The Labute approximate surface area is 132 Å². The van der Waals surface area contributed by atoms with E-state index in [2.05, 4.69) is 5.16 Å². The van der Waals surface area contributed by atoms with Crippen molar-refractivity contribution in [2.24, 2.45) is 0 Å². The van der Waals surface area contributed by atoms with Crippen molar-refractivity contribution in [2.75, 3.05) is 12.8 Å². The van der Waals surface area contributed by atoms with E-state index in [0.717, 1.165) is 5.56 Å². The molecule has 0 aliphatic heterocycles. The highest BCUT2D eigenvalue weighted by Gasteiger charge is 2.20. The van der Waals surface area contributed by atoms with E-state index in [4.69, 9.17) is 19.7 Å². The molecule has 0 atom stereocenters. The molecule has 0 aliphatic rings. The first-order valence-electron chi connectivity index (χ1n) is 6.95. The van der Waals surface area contributed by atoms with E-state index in [1.165, 1.54) is 19.2 Å². The second-order valence-corrected chi connectivity index (χ2v) is 4.84. The number of halogens is 1. The van der Waals surface area contributed by atoms with Gasteiger partial charge >= 0.3 is 0 Å². The van der Waals surface area contributed by atoms with E-state index < -0.39 is 5.82 Å². The van der Waals surface area contributed by atoms with Gasteiger partial charge in [0.25, 0.3) is 0 Å². The van der Waals surface area contributed by atoms with E-state index >= 15 is 0 Å². The molecule has 3 aromatic rings. The van der Waals surface area contributed by atoms with Gasteiger partial charge in [0, 0.05) is 6.07 Å². The van der Waals surface area contributed by atoms with E-state index in [0.29, 0.717) is 5.75 Å². The first-order chi connectivity index (χ1) is 11.2. The van der Waals surface area contributed by atoms with Gasteiger partial charge in [-0.1, -0.05) is 35.5 Å². The van der Waals surface area contributed by atoms with Gasteiger partial charge < -0.3 is 19.7 Å². The fourth-order valence-electron chi connectivity index (χ4n) is 2.20. The number of hydrogen-bond acceptors (Lipinski definition) is 5. The molecule has 0 aliphatic carbocycles. The number of ether oxygens (including phenoxy) is 2. The van der Waals surface area contributed by atoms with Gasteiger partial charge in [-0.25, -0.2) is 4.39 Å². The first-order valence-corrected chi connectivity index (χ1v) is 6.95. The van der Waals surface area contributed by atoms with Crippen LogP contribution in [-0.2, 0) is 6.61 Å². The van der Waals surface area contributed by atoms with Crippen molar-refractivity contribution in [3.05, 3.63) is 59.9 Å². The number of nitrogen functional groups attached to an aromatic ring is 1. The maximum absolute atomic E-state index is 14.8. The minimum Gasteiger partial charge on any atom is -0.496 e. The molecule has 0 saturated carbocycles. The highest BCUT2D eigenvalue weighted by molar-refractivity contribution is 5.71. The zero-order valence-electron chi connectivity index (χ0n) is 12.5. The van der Waals surface area contributed by atoms with Crippen molar-refractivity contribution in [1.82, 2.24) is 5.16 Å². The maximum Gasteiger partial charge on any atom is 0.222 e. The molecule has 5 nitrogen and oxygen atoms in total. The van der Waals surface area contributed by atoms with Crippen LogP contribution < -0.4 is 15.2 Å². The van der Waals surface area contributed by atoms with Crippen molar-refractivity contribution >= 4 is 5.88 Å². The number of hydrogen-bond donors (Lipinski definition) is 1. The lowest BCUT2D eigenvalue weighted by Gasteiger charge is -2.12. The Morgan fingerprint density at radius 1 is 1.13 bits per heavy atom. The molecule has 0 amide bonds. The number of nitrogens with zero attached hydrogens (tertiary/aromatic N) is 1. The van der Waals surface area contributed by atoms with Crippen LogP contribution in [0, 0.1) is 5.82 Å². The Balaban J connectivity index is 1.93. The predicted molar refractivity (Wildman–Crippen MR) is 83.6 cm³/mol. The predicted octanol–water partition coefficient (Wildman–Crippen LogP) is 3.65. The maximum atomic E-state index is 14.8. The molecule has 3 rings (SSSR count). The van der Waals surface area contributed by atoms with Crippen LogP contribution in [0.5, 0.6) is 11.5 Å². The largest absolute Gasteiger partial charge is 0.496 e. The fourth-order valence-corrected chi connectivity index (χ4v) is 2.20.